The summed E-state index contributed by atoms with van der Waals surface area (Å²) in [5.41, 5.74) is 0. The van der Waals surface area contributed by atoms with Crippen LogP contribution in [0.25, 0.3) is 0 Å². The van der Waals surface area contributed by atoms with Gasteiger partial charge in [-0.3, -0.25) is 4.79 Å². The lowest BCUT2D eigenvalue weighted by Gasteiger charge is -2.31. The van der Waals surface area contributed by atoms with Crippen molar-refractivity contribution in [3.05, 3.63) is 0 Å². The fourth-order valence-electron chi connectivity index (χ4n) is 4.99. The molecule has 0 aromatic heterocycles. The van der Waals surface area contributed by atoms with Gasteiger partial charge in [-0.2, -0.15) is 23.5 Å². The minimum atomic E-state index is -0.640. The van der Waals surface area contributed by atoms with Gasteiger partial charge in [-0.25, -0.2) is 0 Å². The molecule has 1 aliphatic carbocycles. The summed E-state index contributed by atoms with van der Waals surface area (Å²) < 4.78 is 0. The van der Waals surface area contributed by atoms with E-state index < -0.39 is 5.97 Å². The Morgan fingerprint density at radius 1 is 0.917 bits per heavy atom. The maximum Gasteiger partial charge on any atom is 0.303 e. The molecule has 3 fully saturated rings. The van der Waals surface area contributed by atoms with Crippen molar-refractivity contribution in [2.24, 2.45) is 11.8 Å². The Morgan fingerprint density at radius 2 is 1.62 bits per heavy atom. The van der Waals surface area contributed by atoms with Crippen molar-refractivity contribution in [1.29, 1.82) is 0 Å². The number of hydrogen-bond acceptors (Lipinski definition) is 3. The van der Waals surface area contributed by atoms with Gasteiger partial charge in [0.05, 0.1) is 0 Å². The molecular weight excluding hydrogens is 336 g/mol. The number of unbranched alkanes of at least 4 members (excludes halogenated alkanes) is 3. The zero-order chi connectivity index (χ0) is 16.8. The summed E-state index contributed by atoms with van der Waals surface area (Å²) in [6, 6.07) is 0. The first-order valence-electron chi connectivity index (χ1n) is 10.2. The second-order valence-corrected chi connectivity index (χ2v) is 10.9. The molecule has 0 aromatic rings. The van der Waals surface area contributed by atoms with E-state index in [0.717, 1.165) is 40.4 Å². The Balaban J connectivity index is 1.37. The highest BCUT2D eigenvalue weighted by atomic mass is 32.2. The van der Waals surface area contributed by atoms with Crippen molar-refractivity contribution in [3.8, 4) is 0 Å². The number of carboxylic acid groups (broad SMARTS) is 1. The first kappa shape index (κ1) is 18.9. The quantitative estimate of drug-likeness (QED) is 0.479. The van der Waals surface area contributed by atoms with Gasteiger partial charge in [-0.1, -0.05) is 38.5 Å². The Labute approximate surface area is 156 Å². The molecule has 24 heavy (non-hydrogen) atoms. The Bertz CT molecular complexity index is 395. The third-order valence-electron chi connectivity index (χ3n) is 6.34. The largest absolute Gasteiger partial charge is 0.481 e. The van der Waals surface area contributed by atoms with Crippen LogP contribution in [0.3, 0.4) is 0 Å². The van der Waals surface area contributed by atoms with Gasteiger partial charge < -0.3 is 5.11 Å². The zero-order valence-electron chi connectivity index (χ0n) is 15.0. The van der Waals surface area contributed by atoms with E-state index in [9.17, 15) is 4.79 Å². The minimum Gasteiger partial charge on any atom is -0.481 e. The predicted molar refractivity (Wildman–Crippen MR) is 106 cm³/mol. The monoisotopic (exact) mass is 370 g/mol. The first-order chi connectivity index (χ1) is 11.7. The van der Waals surface area contributed by atoms with Gasteiger partial charge in [-0.15, -0.1) is 0 Å². The van der Waals surface area contributed by atoms with E-state index in [-0.39, 0.29) is 0 Å². The van der Waals surface area contributed by atoms with Crippen LogP contribution in [0.4, 0.5) is 0 Å². The molecule has 0 spiro atoms. The summed E-state index contributed by atoms with van der Waals surface area (Å²) in [5, 5.41) is 11.6. The van der Waals surface area contributed by atoms with Crippen LogP contribution in [0.15, 0.2) is 0 Å². The molecule has 0 radical (unpaired) electrons. The van der Waals surface area contributed by atoms with Gasteiger partial charge in [0, 0.05) is 22.2 Å². The molecule has 3 rings (SSSR count). The van der Waals surface area contributed by atoms with E-state index in [1.807, 2.05) is 0 Å². The Hall–Kier alpha value is 0.170. The highest BCUT2D eigenvalue weighted by Crippen LogP contribution is 2.55. The average molecular weight is 371 g/mol. The standard InChI is InChI=1S/C20H34O2S2/c21-20(22)11-7-2-1-6-10-16-17(19-13-12-18(16)24-19)14-23-15-8-4-3-5-9-15/h15-19H,1-14H2,(H,21,22)/t16-,17+,18-,19+/m1/s1. The molecule has 2 heterocycles. The molecular formula is C20H34O2S2. The third kappa shape index (κ3) is 5.33. The molecule has 3 aliphatic rings. The highest BCUT2D eigenvalue weighted by molar-refractivity contribution is 8.01. The van der Waals surface area contributed by atoms with Crippen LogP contribution in [0.1, 0.15) is 83.5 Å². The summed E-state index contributed by atoms with van der Waals surface area (Å²) in [6.45, 7) is 0. The normalized spacial score (nSPS) is 33.2. The number of carboxylic acids is 1. The van der Waals surface area contributed by atoms with Crippen LogP contribution in [-0.2, 0) is 4.79 Å². The van der Waals surface area contributed by atoms with E-state index in [0.29, 0.717) is 6.42 Å². The molecule has 4 atom stereocenters. The van der Waals surface area contributed by atoms with E-state index in [4.69, 9.17) is 5.11 Å². The van der Waals surface area contributed by atoms with Crippen LogP contribution in [0, 0.1) is 11.8 Å². The van der Waals surface area contributed by atoms with Gasteiger partial charge >= 0.3 is 5.97 Å². The average Bonchev–Trinajstić information content (AvgIpc) is 3.18. The van der Waals surface area contributed by atoms with Crippen LogP contribution >= 0.6 is 23.5 Å². The summed E-state index contributed by atoms with van der Waals surface area (Å²) in [7, 11) is 0. The molecule has 1 N–H and O–H groups in total. The van der Waals surface area contributed by atoms with E-state index in [1.165, 1.54) is 70.0 Å². The van der Waals surface area contributed by atoms with Crippen molar-refractivity contribution in [2.45, 2.75) is 99.2 Å². The zero-order valence-corrected chi connectivity index (χ0v) is 16.6. The fraction of sp³-hybridized carbons (Fsp3) is 0.950. The summed E-state index contributed by atoms with van der Waals surface area (Å²) in [6.07, 6.45) is 16.5. The first-order valence-corrected chi connectivity index (χ1v) is 12.2. The van der Waals surface area contributed by atoms with Gasteiger partial charge in [0.15, 0.2) is 0 Å². The highest BCUT2D eigenvalue weighted by Gasteiger charge is 2.47. The topological polar surface area (TPSA) is 37.3 Å². The van der Waals surface area contributed by atoms with Crippen LogP contribution in [0.2, 0.25) is 0 Å². The maximum atomic E-state index is 10.6. The molecule has 2 saturated heterocycles. The fourth-order valence-corrected chi connectivity index (χ4v) is 8.79. The number of fused-ring (bicyclic) bond motifs is 2. The van der Waals surface area contributed by atoms with Crippen molar-refractivity contribution >= 4 is 29.5 Å². The SMILES string of the molecule is O=C(O)CCCCCC[C@@H]1[C@H](CSC2CCCCC2)[C@@H]2CC[C@H]1S2. The minimum absolute atomic E-state index is 0.352. The summed E-state index contributed by atoms with van der Waals surface area (Å²) in [4.78, 5) is 10.6. The molecule has 0 unspecified atom stereocenters. The molecule has 138 valence electrons. The molecule has 2 nitrogen and oxygen atoms in total. The van der Waals surface area contributed by atoms with Gasteiger partial charge in [0.2, 0.25) is 0 Å². The summed E-state index contributed by atoms with van der Waals surface area (Å²) >= 11 is 4.63. The van der Waals surface area contributed by atoms with E-state index in [2.05, 4.69) is 23.5 Å². The van der Waals surface area contributed by atoms with Crippen molar-refractivity contribution < 1.29 is 9.90 Å². The van der Waals surface area contributed by atoms with Crippen molar-refractivity contribution in [2.75, 3.05) is 5.75 Å². The third-order valence-corrected chi connectivity index (χ3v) is 9.73. The molecule has 1 saturated carbocycles. The predicted octanol–water partition coefficient (Wildman–Crippen LogP) is 5.99. The van der Waals surface area contributed by atoms with Crippen molar-refractivity contribution in [1.82, 2.24) is 0 Å². The second-order valence-electron chi connectivity index (χ2n) is 8.06. The van der Waals surface area contributed by atoms with Crippen LogP contribution in [0.5, 0.6) is 0 Å². The Kier molecular flexibility index (Phi) is 7.70. The van der Waals surface area contributed by atoms with Gasteiger partial charge in [0.25, 0.3) is 0 Å². The van der Waals surface area contributed by atoms with Crippen molar-refractivity contribution in [3.63, 3.8) is 0 Å². The summed E-state index contributed by atoms with van der Waals surface area (Å²) in [5.74, 6) is 2.71. The van der Waals surface area contributed by atoms with Gasteiger partial charge in [0.1, 0.15) is 0 Å². The lowest BCUT2D eigenvalue weighted by atomic mass is 9.77. The number of carbonyl (C=O) groups is 1. The van der Waals surface area contributed by atoms with E-state index in [1.54, 1.807) is 0 Å². The number of thioether (sulfide) groups is 2. The lowest BCUT2D eigenvalue weighted by molar-refractivity contribution is -0.137. The second kappa shape index (κ2) is 9.75. The molecule has 2 bridgehead atoms. The molecule has 0 amide bonds. The molecule has 2 aliphatic heterocycles. The molecule has 0 aromatic carbocycles. The Morgan fingerprint density at radius 3 is 2.38 bits per heavy atom. The number of hydrogen-bond donors (Lipinski definition) is 1. The van der Waals surface area contributed by atoms with Crippen LogP contribution < -0.4 is 0 Å². The smallest absolute Gasteiger partial charge is 0.303 e. The number of rotatable bonds is 10. The molecule has 4 heteroatoms. The number of aliphatic carboxylic acids is 1. The lowest BCUT2D eigenvalue weighted by Crippen LogP contribution is -2.29. The van der Waals surface area contributed by atoms with Crippen LogP contribution in [-0.4, -0.2) is 32.6 Å². The maximum absolute atomic E-state index is 10.6. The van der Waals surface area contributed by atoms with Gasteiger partial charge in [-0.05, 0) is 56.1 Å². The van der Waals surface area contributed by atoms with E-state index >= 15 is 0 Å².